The maximum Gasteiger partial charge on any atom is 0.316 e. The fourth-order valence-corrected chi connectivity index (χ4v) is 2.78. The van der Waals surface area contributed by atoms with Crippen LogP contribution in [0.25, 0.3) is 28.0 Å². The van der Waals surface area contributed by atoms with Crippen LogP contribution in [0.1, 0.15) is 0 Å². The van der Waals surface area contributed by atoms with Crippen molar-refractivity contribution in [2.75, 3.05) is 11.1 Å². The van der Waals surface area contributed by atoms with E-state index in [1.807, 2.05) is 42.5 Å². The van der Waals surface area contributed by atoms with Crippen LogP contribution in [0.5, 0.6) is 0 Å². The molecule has 128 valence electrons. The number of primary amides is 1. The van der Waals surface area contributed by atoms with Gasteiger partial charge in [-0.15, -0.1) is 0 Å². The number of hydrogen-bond donors (Lipinski definition) is 3. The van der Waals surface area contributed by atoms with Gasteiger partial charge in [0.15, 0.2) is 5.65 Å². The molecule has 0 saturated carbocycles. The van der Waals surface area contributed by atoms with Crippen LogP contribution in [0, 0.1) is 0 Å². The van der Waals surface area contributed by atoms with E-state index in [1.54, 1.807) is 16.8 Å². The number of carbonyl (C=O) groups is 1. The zero-order chi connectivity index (χ0) is 18.1. The van der Waals surface area contributed by atoms with Crippen molar-refractivity contribution in [3.05, 3.63) is 60.9 Å². The van der Waals surface area contributed by atoms with Crippen LogP contribution in [0.4, 0.5) is 16.3 Å². The molecule has 0 aliphatic carbocycles. The Hall–Kier alpha value is -3.94. The lowest BCUT2D eigenvalue weighted by molar-refractivity contribution is 0.259. The Morgan fingerprint density at radius 1 is 1.00 bits per heavy atom. The van der Waals surface area contributed by atoms with Crippen LogP contribution in [-0.4, -0.2) is 25.8 Å². The lowest BCUT2D eigenvalue weighted by Crippen LogP contribution is -2.19. The Bertz CT molecular complexity index is 1090. The third-order valence-corrected chi connectivity index (χ3v) is 3.92. The first-order valence-corrected chi connectivity index (χ1v) is 7.85. The summed E-state index contributed by atoms with van der Waals surface area (Å²) in [7, 11) is 0. The van der Waals surface area contributed by atoms with Crippen LogP contribution in [-0.2, 0) is 0 Å². The Balaban J connectivity index is 1.89. The maximum absolute atomic E-state index is 11.0. The van der Waals surface area contributed by atoms with Gasteiger partial charge in [-0.1, -0.05) is 30.3 Å². The van der Waals surface area contributed by atoms with Gasteiger partial charge >= 0.3 is 6.03 Å². The molecule has 4 aromatic rings. The summed E-state index contributed by atoms with van der Waals surface area (Å²) in [6.07, 6.45) is 1.41. The number of nitrogens with one attached hydrogen (secondary N) is 1. The third kappa shape index (κ3) is 2.69. The molecule has 0 atom stereocenters. The molecule has 2 heterocycles. The molecule has 4 rings (SSSR count). The molecular weight excluding hydrogens is 330 g/mol. The molecule has 0 radical (unpaired) electrons. The smallest absolute Gasteiger partial charge is 0.316 e. The summed E-state index contributed by atoms with van der Waals surface area (Å²) >= 11 is 0. The second kappa shape index (κ2) is 6.17. The van der Waals surface area contributed by atoms with Gasteiger partial charge in [0.2, 0.25) is 0 Å². The van der Waals surface area contributed by atoms with E-state index < -0.39 is 6.03 Å². The normalized spacial score (nSPS) is 10.8. The van der Waals surface area contributed by atoms with E-state index >= 15 is 0 Å². The molecule has 8 heteroatoms. The molecule has 2 aromatic carbocycles. The van der Waals surface area contributed by atoms with Crippen molar-refractivity contribution in [3.8, 4) is 16.9 Å². The highest BCUT2D eigenvalue weighted by Gasteiger charge is 2.17. The van der Waals surface area contributed by atoms with Crippen LogP contribution in [0.15, 0.2) is 60.9 Å². The van der Waals surface area contributed by atoms with Crippen molar-refractivity contribution < 1.29 is 4.79 Å². The summed E-state index contributed by atoms with van der Waals surface area (Å²) in [5.41, 5.74) is 14.8. The fourth-order valence-electron chi connectivity index (χ4n) is 2.78. The van der Waals surface area contributed by atoms with Gasteiger partial charge in [0.05, 0.1) is 11.1 Å². The number of aromatic nitrogens is 4. The van der Waals surface area contributed by atoms with Gasteiger partial charge in [0, 0.05) is 11.3 Å². The Kier molecular flexibility index (Phi) is 3.70. The van der Waals surface area contributed by atoms with E-state index in [4.69, 9.17) is 16.6 Å². The number of fused-ring (bicyclic) bond motifs is 1. The molecule has 0 spiro atoms. The largest absolute Gasteiger partial charge is 0.383 e. The van der Waals surface area contributed by atoms with Crippen molar-refractivity contribution in [3.63, 3.8) is 0 Å². The minimum absolute atomic E-state index is 0.368. The highest BCUT2D eigenvalue weighted by atomic mass is 16.2. The Morgan fingerprint density at radius 3 is 2.42 bits per heavy atom. The number of benzene rings is 2. The summed E-state index contributed by atoms with van der Waals surface area (Å²) in [4.78, 5) is 19.4. The van der Waals surface area contributed by atoms with Crippen LogP contribution >= 0.6 is 0 Å². The average molecular weight is 345 g/mol. The Labute approximate surface area is 148 Å². The van der Waals surface area contributed by atoms with Gasteiger partial charge in [-0.25, -0.2) is 19.4 Å². The first-order valence-electron chi connectivity index (χ1n) is 7.85. The highest BCUT2D eigenvalue weighted by molar-refractivity contribution is 5.98. The zero-order valence-electron chi connectivity index (χ0n) is 13.6. The minimum Gasteiger partial charge on any atom is -0.383 e. The van der Waals surface area contributed by atoms with E-state index in [0.29, 0.717) is 28.2 Å². The van der Waals surface area contributed by atoms with E-state index in [9.17, 15) is 4.79 Å². The fraction of sp³-hybridized carbons (Fsp3) is 0. The van der Waals surface area contributed by atoms with Gasteiger partial charge in [-0.2, -0.15) is 5.10 Å². The average Bonchev–Trinajstić information content (AvgIpc) is 3.04. The zero-order valence-corrected chi connectivity index (χ0v) is 13.6. The molecule has 0 saturated heterocycles. The quantitative estimate of drug-likeness (QED) is 0.526. The number of amides is 2. The van der Waals surface area contributed by atoms with E-state index in [1.165, 1.54) is 6.33 Å². The monoisotopic (exact) mass is 345 g/mol. The molecule has 26 heavy (non-hydrogen) atoms. The molecule has 2 amide bonds. The predicted octanol–water partition coefficient (Wildman–Crippen LogP) is 2.56. The van der Waals surface area contributed by atoms with Crippen molar-refractivity contribution in [2.24, 2.45) is 5.73 Å². The first-order chi connectivity index (χ1) is 12.6. The highest BCUT2D eigenvalue weighted by Crippen LogP contribution is 2.31. The van der Waals surface area contributed by atoms with Gasteiger partial charge in [0.1, 0.15) is 17.8 Å². The molecule has 0 aliphatic heterocycles. The molecular formula is C18H15N7O. The minimum atomic E-state index is -0.617. The number of nitrogen functional groups attached to an aromatic ring is 1. The molecule has 0 bridgehead atoms. The first kappa shape index (κ1) is 15.6. The predicted molar refractivity (Wildman–Crippen MR) is 99.7 cm³/mol. The van der Waals surface area contributed by atoms with Gasteiger partial charge in [-0.3, -0.25) is 0 Å². The molecule has 0 fully saturated rings. The molecule has 0 aliphatic rings. The lowest BCUT2D eigenvalue weighted by Gasteiger charge is -2.05. The number of urea groups is 1. The second-order valence-electron chi connectivity index (χ2n) is 5.62. The van der Waals surface area contributed by atoms with Crippen molar-refractivity contribution in [1.29, 1.82) is 0 Å². The van der Waals surface area contributed by atoms with E-state index in [-0.39, 0.29) is 0 Å². The number of nitrogens with two attached hydrogens (primary N) is 2. The summed E-state index contributed by atoms with van der Waals surface area (Å²) in [5, 5.41) is 7.92. The number of hydrogen-bond acceptors (Lipinski definition) is 5. The summed E-state index contributed by atoms with van der Waals surface area (Å²) in [6.45, 7) is 0. The number of carbonyl (C=O) groups excluding carboxylic acids is 1. The number of anilines is 2. The van der Waals surface area contributed by atoms with Crippen LogP contribution < -0.4 is 16.8 Å². The van der Waals surface area contributed by atoms with Crippen molar-refractivity contribution in [2.45, 2.75) is 0 Å². The lowest BCUT2D eigenvalue weighted by atomic mass is 10.1. The van der Waals surface area contributed by atoms with Crippen molar-refractivity contribution in [1.82, 2.24) is 19.7 Å². The standard InChI is InChI=1S/C18H15N7O/c19-16-14-15(11-4-2-1-3-5-11)24-25(17(14)22-10-21-16)13-8-6-12(7-9-13)23-18(20)26/h1-10H,(H2,19,21,22)(H3,20,23,26). The number of rotatable bonds is 3. The summed E-state index contributed by atoms with van der Waals surface area (Å²) in [6, 6.07) is 16.2. The molecule has 8 nitrogen and oxygen atoms in total. The van der Waals surface area contributed by atoms with E-state index in [0.717, 1.165) is 11.3 Å². The van der Waals surface area contributed by atoms with Crippen LogP contribution in [0.2, 0.25) is 0 Å². The van der Waals surface area contributed by atoms with E-state index in [2.05, 4.69) is 15.3 Å². The third-order valence-electron chi connectivity index (χ3n) is 3.92. The van der Waals surface area contributed by atoms with Gasteiger partial charge in [0.25, 0.3) is 0 Å². The number of nitrogens with zero attached hydrogens (tertiary/aromatic N) is 4. The summed E-state index contributed by atoms with van der Waals surface area (Å²) < 4.78 is 1.70. The van der Waals surface area contributed by atoms with Crippen LogP contribution in [0.3, 0.4) is 0 Å². The molecule has 0 unspecified atom stereocenters. The van der Waals surface area contributed by atoms with Gasteiger partial charge < -0.3 is 16.8 Å². The second-order valence-corrected chi connectivity index (χ2v) is 5.62. The Morgan fingerprint density at radius 2 is 1.73 bits per heavy atom. The summed E-state index contributed by atoms with van der Waals surface area (Å²) in [5.74, 6) is 0.368. The van der Waals surface area contributed by atoms with Crippen molar-refractivity contribution >= 4 is 28.6 Å². The van der Waals surface area contributed by atoms with Gasteiger partial charge in [-0.05, 0) is 24.3 Å². The molecule has 2 aromatic heterocycles. The maximum atomic E-state index is 11.0. The molecule has 5 N–H and O–H groups in total. The SMILES string of the molecule is NC(=O)Nc1ccc(-n2nc(-c3ccccc3)c3c(N)ncnc32)cc1. The topological polar surface area (TPSA) is 125 Å².